The van der Waals surface area contributed by atoms with E-state index >= 15 is 0 Å². The van der Waals surface area contributed by atoms with Crippen LogP contribution >= 0.6 is 11.6 Å². The first kappa shape index (κ1) is 26.1. The highest BCUT2D eigenvalue weighted by Crippen LogP contribution is 2.46. The lowest BCUT2D eigenvalue weighted by atomic mass is 9.91. The number of carbonyl (C=O) groups is 4. The minimum atomic E-state index is -0.996. The second-order valence-corrected chi connectivity index (χ2v) is 12.0. The van der Waals surface area contributed by atoms with Gasteiger partial charge in [0.1, 0.15) is 24.1 Å². The highest BCUT2D eigenvalue weighted by atomic mass is 35.5. The van der Waals surface area contributed by atoms with Crippen LogP contribution in [0, 0.1) is 17.8 Å². The first-order valence-corrected chi connectivity index (χ1v) is 14.0. The number of benzene rings is 1. The zero-order valence-corrected chi connectivity index (χ0v) is 22.6. The number of likely N-dealkylation sites (tertiary alicyclic amines) is 1. The van der Waals surface area contributed by atoms with Gasteiger partial charge in [0, 0.05) is 28.4 Å². The summed E-state index contributed by atoms with van der Waals surface area (Å²) in [6.07, 6.45) is 5.33. The fourth-order valence-corrected chi connectivity index (χ4v) is 7.24. The Morgan fingerprint density at radius 1 is 1.26 bits per heavy atom. The van der Waals surface area contributed by atoms with Gasteiger partial charge < -0.3 is 30.4 Å². The van der Waals surface area contributed by atoms with Crippen LogP contribution < -0.4 is 15.4 Å². The van der Waals surface area contributed by atoms with Crippen molar-refractivity contribution in [2.24, 2.45) is 17.8 Å². The Labute approximate surface area is 230 Å². The number of Topliss-reactive ketones (excluding diaryl/α,β-unsaturated/α-hetero) is 1. The van der Waals surface area contributed by atoms with Crippen LogP contribution in [0.1, 0.15) is 55.4 Å². The van der Waals surface area contributed by atoms with Gasteiger partial charge in [0.05, 0.1) is 18.7 Å². The molecule has 1 spiro atoms. The minimum Gasteiger partial charge on any atom is -0.496 e. The molecule has 5 atom stereocenters. The van der Waals surface area contributed by atoms with Crippen molar-refractivity contribution in [3.63, 3.8) is 0 Å². The van der Waals surface area contributed by atoms with Crippen molar-refractivity contribution in [1.29, 1.82) is 0 Å². The third kappa shape index (κ3) is 4.67. The maximum absolute atomic E-state index is 13.8. The molecular formula is C28H33ClN4O6. The van der Waals surface area contributed by atoms with Crippen LogP contribution in [0.5, 0.6) is 5.75 Å². The number of hydrogen-bond donors (Lipinski definition) is 4. The molecule has 4 fully saturated rings. The highest BCUT2D eigenvalue weighted by molar-refractivity contribution is 6.31. The SMILES string of the molecule is COc1cc(Cl)cc2[nH]c(C(=O)N3C[C@@H]4CCC[C@@H]4[C@H]3C(=O)N[C@@H](C[C@@H]3CC4(CC4)NC3=O)C(=O)CO)cc12. The van der Waals surface area contributed by atoms with Crippen molar-refractivity contribution >= 4 is 46.0 Å². The molecule has 0 bridgehead atoms. The lowest BCUT2D eigenvalue weighted by molar-refractivity contribution is -0.133. The Morgan fingerprint density at radius 2 is 2.05 bits per heavy atom. The van der Waals surface area contributed by atoms with Crippen molar-refractivity contribution in [3.05, 3.63) is 28.9 Å². The molecule has 3 amide bonds. The number of nitrogens with zero attached hydrogens (tertiary/aromatic N) is 1. The maximum Gasteiger partial charge on any atom is 0.271 e. The zero-order valence-electron chi connectivity index (χ0n) is 21.8. The summed E-state index contributed by atoms with van der Waals surface area (Å²) in [6.45, 7) is -0.287. The molecule has 4 N–H and O–H groups in total. The lowest BCUT2D eigenvalue weighted by Crippen LogP contribution is -2.53. The maximum atomic E-state index is 13.8. The van der Waals surface area contributed by atoms with Crippen LogP contribution in [0.25, 0.3) is 10.9 Å². The van der Waals surface area contributed by atoms with Crippen molar-refractivity contribution in [3.8, 4) is 5.75 Å². The third-order valence-electron chi connectivity index (χ3n) is 9.17. The predicted molar refractivity (Wildman–Crippen MR) is 142 cm³/mol. The van der Waals surface area contributed by atoms with E-state index in [0.29, 0.717) is 40.3 Å². The normalized spacial score (nSPS) is 27.5. The largest absolute Gasteiger partial charge is 0.496 e. The summed E-state index contributed by atoms with van der Waals surface area (Å²) in [5, 5.41) is 16.7. The summed E-state index contributed by atoms with van der Waals surface area (Å²) < 4.78 is 5.43. The smallest absolute Gasteiger partial charge is 0.271 e. The van der Waals surface area contributed by atoms with Crippen LogP contribution in [-0.2, 0) is 14.4 Å². The molecular weight excluding hydrogens is 524 g/mol. The van der Waals surface area contributed by atoms with Gasteiger partial charge in [-0.3, -0.25) is 19.2 Å². The topological polar surface area (TPSA) is 141 Å². The molecule has 4 aliphatic rings. The molecule has 0 radical (unpaired) electrons. The van der Waals surface area contributed by atoms with E-state index in [1.807, 2.05) is 0 Å². The molecule has 2 saturated heterocycles. The Balaban J connectivity index is 1.24. The number of aliphatic hydroxyl groups excluding tert-OH is 1. The van der Waals surface area contributed by atoms with Gasteiger partial charge in [-0.25, -0.2) is 0 Å². The van der Waals surface area contributed by atoms with Crippen LogP contribution in [0.3, 0.4) is 0 Å². The van der Waals surface area contributed by atoms with Crippen LogP contribution in [0.4, 0.5) is 0 Å². The number of fused-ring (bicyclic) bond motifs is 2. The summed E-state index contributed by atoms with van der Waals surface area (Å²) in [5.41, 5.74) is 0.820. The molecule has 0 unspecified atom stereocenters. The molecule has 2 aromatic rings. The monoisotopic (exact) mass is 556 g/mol. The molecule has 3 heterocycles. The summed E-state index contributed by atoms with van der Waals surface area (Å²) in [7, 11) is 1.53. The Morgan fingerprint density at radius 3 is 2.74 bits per heavy atom. The Hall–Kier alpha value is -3.11. The number of hydrogen-bond acceptors (Lipinski definition) is 6. The lowest BCUT2D eigenvalue weighted by Gasteiger charge is -2.29. The van der Waals surface area contributed by atoms with E-state index in [2.05, 4.69) is 15.6 Å². The molecule has 1 aromatic carbocycles. The van der Waals surface area contributed by atoms with E-state index in [1.54, 1.807) is 23.1 Å². The number of nitrogens with one attached hydrogen (secondary N) is 3. The number of aliphatic hydroxyl groups is 1. The van der Waals surface area contributed by atoms with E-state index in [9.17, 15) is 24.3 Å². The number of aromatic amines is 1. The predicted octanol–water partition coefficient (Wildman–Crippen LogP) is 2.18. The van der Waals surface area contributed by atoms with Gasteiger partial charge in [0.2, 0.25) is 11.8 Å². The van der Waals surface area contributed by atoms with E-state index in [0.717, 1.165) is 32.1 Å². The zero-order chi connectivity index (χ0) is 27.5. The van der Waals surface area contributed by atoms with E-state index in [1.165, 1.54) is 7.11 Å². The summed E-state index contributed by atoms with van der Waals surface area (Å²) >= 11 is 6.20. The number of amides is 3. The summed E-state index contributed by atoms with van der Waals surface area (Å²) in [5.74, 6) is -1.06. The number of rotatable bonds is 8. The summed E-state index contributed by atoms with van der Waals surface area (Å²) in [6, 6.07) is 3.36. The third-order valence-corrected chi connectivity index (χ3v) is 9.38. The average Bonchev–Trinajstić information content (AvgIpc) is 3.28. The molecule has 2 aliphatic heterocycles. The van der Waals surface area contributed by atoms with Crippen LogP contribution in [0.2, 0.25) is 5.02 Å². The molecule has 2 aliphatic carbocycles. The Kier molecular flexibility index (Phi) is 6.58. The number of ketones is 1. The number of ether oxygens (including phenoxy) is 1. The number of methoxy groups -OCH3 is 1. The van der Waals surface area contributed by atoms with Crippen molar-refractivity contribution in [1.82, 2.24) is 20.5 Å². The Bertz CT molecular complexity index is 1350. The number of carbonyl (C=O) groups excluding carboxylic acids is 4. The van der Waals surface area contributed by atoms with Crippen LogP contribution in [-0.4, -0.2) is 76.4 Å². The molecule has 208 valence electrons. The first-order chi connectivity index (χ1) is 18.7. The number of aromatic nitrogens is 1. The number of halogens is 1. The van der Waals surface area contributed by atoms with Gasteiger partial charge in [0.25, 0.3) is 5.91 Å². The fourth-order valence-electron chi connectivity index (χ4n) is 7.03. The first-order valence-electron chi connectivity index (χ1n) is 13.6. The van der Waals surface area contributed by atoms with Crippen molar-refractivity contribution in [2.45, 2.75) is 62.6 Å². The van der Waals surface area contributed by atoms with E-state index < -0.39 is 36.3 Å². The second kappa shape index (κ2) is 9.82. The quantitative estimate of drug-likeness (QED) is 0.393. The van der Waals surface area contributed by atoms with Gasteiger partial charge in [-0.15, -0.1) is 0 Å². The van der Waals surface area contributed by atoms with Crippen molar-refractivity contribution < 1.29 is 29.0 Å². The average molecular weight is 557 g/mol. The van der Waals surface area contributed by atoms with E-state index in [4.69, 9.17) is 16.3 Å². The number of H-pyrrole nitrogens is 1. The molecule has 6 rings (SSSR count). The van der Waals surface area contributed by atoms with Gasteiger partial charge in [-0.2, -0.15) is 0 Å². The van der Waals surface area contributed by atoms with Gasteiger partial charge in [-0.05, 0) is 68.6 Å². The van der Waals surface area contributed by atoms with Crippen LogP contribution in [0.15, 0.2) is 18.2 Å². The summed E-state index contributed by atoms with van der Waals surface area (Å²) in [4.78, 5) is 57.5. The van der Waals surface area contributed by atoms with Crippen molar-refractivity contribution in [2.75, 3.05) is 20.3 Å². The fraction of sp³-hybridized carbons (Fsp3) is 0.571. The second-order valence-electron chi connectivity index (χ2n) is 11.6. The highest BCUT2D eigenvalue weighted by Gasteiger charge is 2.53. The standard InChI is InChI=1S/C28H33ClN4O6/c1-39-23-9-16(29)8-19-18(23)10-21(30-19)27(38)33-12-14-3-2-4-17(14)24(33)26(37)31-20(22(35)13-34)7-15-11-28(5-6-28)32-25(15)36/h8-10,14-15,17,20,24,30,34H,2-7,11-13H2,1H3,(H,31,37)(H,32,36)/t14-,15+,17-,20-,24-/m0/s1. The molecule has 1 aromatic heterocycles. The van der Waals surface area contributed by atoms with Gasteiger partial charge in [0.15, 0.2) is 5.78 Å². The molecule has 11 heteroatoms. The minimum absolute atomic E-state index is 0.0169. The van der Waals surface area contributed by atoms with Gasteiger partial charge in [-0.1, -0.05) is 18.0 Å². The molecule has 39 heavy (non-hydrogen) atoms. The molecule has 2 saturated carbocycles. The van der Waals surface area contributed by atoms with E-state index in [-0.39, 0.29) is 35.6 Å². The molecule has 10 nitrogen and oxygen atoms in total. The van der Waals surface area contributed by atoms with Gasteiger partial charge >= 0.3 is 0 Å².